The van der Waals surface area contributed by atoms with Crippen LogP contribution in [0.25, 0.3) is 0 Å². The Morgan fingerprint density at radius 1 is 1.23 bits per heavy atom. The zero-order chi connectivity index (χ0) is 19.4. The quantitative estimate of drug-likeness (QED) is 0.442. The maximum absolute atomic E-state index is 12.2. The third-order valence-corrected chi connectivity index (χ3v) is 5.33. The smallest absolute Gasteiger partial charge is 0.222 e. The number of nitrogens with zero attached hydrogens (tertiary/aromatic N) is 3. The molecule has 1 aromatic rings. The average Bonchev–Trinajstić information content (AvgIpc) is 2.91. The number of hydrogen-bond acceptors (Lipinski definition) is 3. The molecule has 0 spiro atoms. The first kappa shape index (κ1) is 23.2. The van der Waals surface area contributed by atoms with E-state index in [1.807, 2.05) is 17.8 Å². The van der Waals surface area contributed by atoms with Gasteiger partial charge in [-0.05, 0) is 55.7 Å². The Morgan fingerprint density at radius 3 is 2.35 bits per heavy atom. The van der Waals surface area contributed by atoms with Crippen molar-refractivity contribution in [3.63, 3.8) is 0 Å². The highest BCUT2D eigenvalue weighted by molar-refractivity contribution is 9.10. The number of rotatable bonds is 14. The standard InChI is InChI=1S/C20H37BrN4O/c1-5-7-9-12-24(13-10-8-6-2)15-17(3)22-20(26)11-14-25-16-19(21)18(4)23-25/h16-17H,5-15H2,1-4H3,(H,22,26). The van der Waals surface area contributed by atoms with Crippen LogP contribution in [0.1, 0.15) is 71.4 Å². The fourth-order valence-electron chi connectivity index (χ4n) is 3.07. The summed E-state index contributed by atoms with van der Waals surface area (Å²) in [6.45, 7) is 12.4. The molecule has 1 aromatic heterocycles. The molecule has 0 saturated carbocycles. The van der Waals surface area contributed by atoms with Crippen LogP contribution in [0.2, 0.25) is 0 Å². The number of aromatic nitrogens is 2. The van der Waals surface area contributed by atoms with E-state index >= 15 is 0 Å². The van der Waals surface area contributed by atoms with Crippen LogP contribution in [0.5, 0.6) is 0 Å². The molecule has 1 heterocycles. The Labute approximate surface area is 168 Å². The summed E-state index contributed by atoms with van der Waals surface area (Å²) in [4.78, 5) is 14.8. The van der Waals surface area contributed by atoms with Crippen molar-refractivity contribution in [2.24, 2.45) is 0 Å². The normalized spacial score (nSPS) is 12.5. The second-order valence-corrected chi connectivity index (χ2v) is 8.11. The number of unbranched alkanes of at least 4 members (excludes halogenated alkanes) is 4. The van der Waals surface area contributed by atoms with Crippen molar-refractivity contribution in [2.45, 2.75) is 85.2 Å². The van der Waals surface area contributed by atoms with Gasteiger partial charge in [0.25, 0.3) is 0 Å². The van der Waals surface area contributed by atoms with E-state index in [9.17, 15) is 4.79 Å². The van der Waals surface area contributed by atoms with Gasteiger partial charge in [-0.15, -0.1) is 0 Å². The third kappa shape index (κ3) is 9.72. The molecule has 0 aliphatic rings. The minimum Gasteiger partial charge on any atom is -0.352 e. The van der Waals surface area contributed by atoms with Gasteiger partial charge in [0, 0.05) is 31.7 Å². The Hall–Kier alpha value is -0.880. The van der Waals surface area contributed by atoms with Crippen molar-refractivity contribution in [1.82, 2.24) is 20.0 Å². The zero-order valence-corrected chi connectivity index (χ0v) is 18.6. The van der Waals surface area contributed by atoms with Crippen LogP contribution in [0.15, 0.2) is 10.7 Å². The van der Waals surface area contributed by atoms with Crippen LogP contribution in [-0.4, -0.2) is 46.3 Å². The van der Waals surface area contributed by atoms with Crippen LogP contribution in [-0.2, 0) is 11.3 Å². The Morgan fingerprint density at radius 2 is 1.85 bits per heavy atom. The molecule has 0 saturated heterocycles. The largest absolute Gasteiger partial charge is 0.352 e. The number of nitrogens with one attached hydrogen (secondary N) is 1. The monoisotopic (exact) mass is 428 g/mol. The molecule has 0 radical (unpaired) electrons. The molecule has 0 aliphatic carbocycles. The van der Waals surface area contributed by atoms with Gasteiger partial charge in [0.1, 0.15) is 0 Å². The third-order valence-electron chi connectivity index (χ3n) is 4.55. The molecular formula is C20H37BrN4O. The molecular weight excluding hydrogens is 392 g/mol. The molecule has 1 rings (SSSR count). The van der Waals surface area contributed by atoms with E-state index in [4.69, 9.17) is 0 Å². The van der Waals surface area contributed by atoms with Gasteiger partial charge in [-0.1, -0.05) is 39.5 Å². The van der Waals surface area contributed by atoms with Gasteiger partial charge in [-0.3, -0.25) is 9.48 Å². The molecule has 0 fully saturated rings. The summed E-state index contributed by atoms with van der Waals surface area (Å²) in [5.41, 5.74) is 0.952. The molecule has 6 heteroatoms. The first-order chi connectivity index (χ1) is 12.5. The van der Waals surface area contributed by atoms with Crippen LogP contribution >= 0.6 is 15.9 Å². The maximum atomic E-state index is 12.2. The van der Waals surface area contributed by atoms with Gasteiger partial charge in [0.05, 0.1) is 10.2 Å². The Bertz CT molecular complexity index is 488. The summed E-state index contributed by atoms with van der Waals surface area (Å²) < 4.78 is 2.81. The van der Waals surface area contributed by atoms with Gasteiger partial charge in [-0.2, -0.15) is 5.10 Å². The predicted octanol–water partition coefficient (Wildman–Crippen LogP) is 4.53. The molecule has 1 unspecified atom stereocenters. The molecule has 5 nitrogen and oxygen atoms in total. The highest BCUT2D eigenvalue weighted by atomic mass is 79.9. The van der Waals surface area contributed by atoms with Crippen molar-refractivity contribution >= 4 is 21.8 Å². The van der Waals surface area contributed by atoms with Gasteiger partial charge in [0.15, 0.2) is 0 Å². The van der Waals surface area contributed by atoms with Gasteiger partial charge < -0.3 is 10.2 Å². The second-order valence-electron chi connectivity index (χ2n) is 7.26. The number of aryl methyl sites for hydroxylation is 2. The van der Waals surface area contributed by atoms with Gasteiger partial charge >= 0.3 is 0 Å². The molecule has 1 atom stereocenters. The molecule has 0 aliphatic heterocycles. The van der Waals surface area contributed by atoms with Crippen LogP contribution < -0.4 is 5.32 Å². The fourth-order valence-corrected chi connectivity index (χ4v) is 3.38. The molecule has 1 N–H and O–H groups in total. The predicted molar refractivity (Wildman–Crippen MR) is 112 cm³/mol. The van der Waals surface area contributed by atoms with Gasteiger partial charge in [-0.25, -0.2) is 0 Å². The summed E-state index contributed by atoms with van der Waals surface area (Å²) in [6, 6.07) is 0.178. The van der Waals surface area contributed by atoms with E-state index in [-0.39, 0.29) is 11.9 Å². The lowest BCUT2D eigenvalue weighted by molar-refractivity contribution is -0.122. The van der Waals surface area contributed by atoms with Crippen molar-refractivity contribution in [1.29, 1.82) is 0 Å². The van der Waals surface area contributed by atoms with E-state index in [0.717, 1.165) is 29.8 Å². The second kappa shape index (κ2) is 13.3. The highest BCUT2D eigenvalue weighted by Gasteiger charge is 2.13. The number of amides is 1. The van der Waals surface area contributed by atoms with Crippen LogP contribution in [0.4, 0.5) is 0 Å². The topological polar surface area (TPSA) is 50.2 Å². The van der Waals surface area contributed by atoms with Crippen molar-refractivity contribution < 1.29 is 4.79 Å². The molecule has 0 aromatic carbocycles. The lowest BCUT2D eigenvalue weighted by Gasteiger charge is -2.26. The lowest BCUT2D eigenvalue weighted by Crippen LogP contribution is -2.42. The zero-order valence-electron chi connectivity index (χ0n) is 17.1. The maximum Gasteiger partial charge on any atom is 0.222 e. The van der Waals surface area contributed by atoms with Crippen LogP contribution in [0.3, 0.4) is 0 Å². The first-order valence-corrected chi connectivity index (χ1v) is 11.0. The van der Waals surface area contributed by atoms with Crippen molar-refractivity contribution in [3.8, 4) is 0 Å². The lowest BCUT2D eigenvalue weighted by atomic mass is 10.2. The number of hydrogen-bond donors (Lipinski definition) is 1. The first-order valence-electron chi connectivity index (χ1n) is 10.2. The molecule has 26 heavy (non-hydrogen) atoms. The summed E-state index contributed by atoms with van der Waals surface area (Å²) in [7, 11) is 0. The summed E-state index contributed by atoms with van der Waals surface area (Å²) in [5.74, 6) is 0.101. The summed E-state index contributed by atoms with van der Waals surface area (Å²) in [6.07, 6.45) is 9.94. The Kier molecular flexibility index (Phi) is 11.9. The number of carbonyl (C=O) groups is 1. The molecule has 0 bridgehead atoms. The average molecular weight is 429 g/mol. The molecule has 150 valence electrons. The number of carbonyl (C=O) groups excluding carboxylic acids is 1. The Balaban J connectivity index is 2.36. The van der Waals surface area contributed by atoms with E-state index in [1.165, 1.54) is 38.5 Å². The van der Waals surface area contributed by atoms with Gasteiger partial charge in [0.2, 0.25) is 5.91 Å². The minimum absolute atomic E-state index is 0.101. The molecule has 1 amide bonds. The fraction of sp³-hybridized carbons (Fsp3) is 0.800. The SMILES string of the molecule is CCCCCN(CCCCC)CC(C)NC(=O)CCn1cc(Br)c(C)n1. The summed E-state index contributed by atoms with van der Waals surface area (Å²) >= 11 is 3.45. The van der Waals surface area contributed by atoms with E-state index < -0.39 is 0 Å². The number of halogens is 1. The van der Waals surface area contributed by atoms with E-state index in [0.29, 0.717) is 13.0 Å². The van der Waals surface area contributed by atoms with Crippen molar-refractivity contribution in [2.75, 3.05) is 19.6 Å². The van der Waals surface area contributed by atoms with E-state index in [1.54, 1.807) is 0 Å². The summed E-state index contributed by atoms with van der Waals surface area (Å²) in [5, 5.41) is 7.52. The van der Waals surface area contributed by atoms with Crippen LogP contribution in [0, 0.1) is 6.92 Å². The minimum atomic E-state index is 0.101. The van der Waals surface area contributed by atoms with Crippen molar-refractivity contribution in [3.05, 3.63) is 16.4 Å². The highest BCUT2D eigenvalue weighted by Crippen LogP contribution is 2.13. The van der Waals surface area contributed by atoms with E-state index in [2.05, 4.69) is 52.0 Å².